The number of aliphatic hydroxyl groups excluding tert-OH is 1. The summed E-state index contributed by atoms with van der Waals surface area (Å²) in [5.74, 6) is 0. The highest BCUT2D eigenvalue weighted by molar-refractivity contribution is 4.99. The molecule has 86 valence electrons. The van der Waals surface area contributed by atoms with Gasteiger partial charge in [0.1, 0.15) is 0 Å². The molecule has 0 aromatic carbocycles. The summed E-state index contributed by atoms with van der Waals surface area (Å²) >= 11 is 0. The summed E-state index contributed by atoms with van der Waals surface area (Å²) in [7, 11) is 1.92. The van der Waals surface area contributed by atoms with Crippen molar-refractivity contribution >= 4 is 0 Å². The second kappa shape index (κ2) is 5.28. The molecular weight excluding hydrogens is 192 g/mol. The van der Waals surface area contributed by atoms with E-state index in [0.717, 1.165) is 12.1 Å². The van der Waals surface area contributed by atoms with Crippen molar-refractivity contribution in [3.63, 3.8) is 0 Å². The zero-order chi connectivity index (χ0) is 11.3. The number of rotatable bonds is 6. The van der Waals surface area contributed by atoms with E-state index >= 15 is 0 Å². The van der Waals surface area contributed by atoms with Gasteiger partial charge in [-0.2, -0.15) is 5.10 Å². The summed E-state index contributed by atoms with van der Waals surface area (Å²) < 4.78 is 7.36. The summed E-state index contributed by atoms with van der Waals surface area (Å²) in [6, 6.07) is 1.99. The SMILES string of the molecule is Cn1nccc1CCOCC(C)(C)CO. The fourth-order valence-corrected chi connectivity index (χ4v) is 1.22. The Bertz CT molecular complexity index is 295. The average molecular weight is 212 g/mol. The fraction of sp³-hybridized carbons (Fsp3) is 0.727. The molecule has 0 spiro atoms. The standard InChI is InChI=1S/C11H20N2O2/c1-11(2,8-14)9-15-7-5-10-4-6-12-13(10)3/h4,6,14H,5,7-9H2,1-3H3. The number of aryl methyl sites for hydroxylation is 1. The minimum absolute atomic E-state index is 0.146. The lowest BCUT2D eigenvalue weighted by Gasteiger charge is -2.21. The highest BCUT2D eigenvalue weighted by atomic mass is 16.5. The van der Waals surface area contributed by atoms with Crippen LogP contribution in [0.2, 0.25) is 0 Å². The third-order valence-corrected chi connectivity index (χ3v) is 2.35. The van der Waals surface area contributed by atoms with E-state index in [1.54, 1.807) is 6.20 Å². The normalized spacial score (nSPS) is 12.0. The molecule has 0 aliphatic carbocycles. The third kappa shape index (κ3) is 4.01. The molecule has 0 amide bonds. The molecule has 0 fully saturated rings. The first-order valence-electron chi connectivity index (χ1n) is 5.21. The molecule has 1 heterocycles. The van der Waals surface area contributed by atoms with Gasteiger partial charge in [0.05, 0.1) is 19.8 Å². The van der Waals surface area contributed by atoms with Crippen LogP contribution >= 0.6 is 0 Å². The van der Waals surface area contributed by atoms with Crippen molar-refractivity contribution in [1.82, 2.24) is 9.78 Å². The van der Waals surface area contributed by atoms with Crippen LogP contribution in [-0.4, -0.2) is 34.7 Å². The van der Waals surface area contributed by atoms with Gasteiger partial charge in [0.25, 0.3) is 0 Å². The Kier molecular flexibility index (Phi) is 4.29. The molecule has 4 heteroatoms. The van der Waals surface area contributed by atoms with Crippen LogP contribution in [0.5, 0.6) is 0 Å². The maximum Gasteiger partial charge on any atom is 0.0539 e. The Morgan fingerprint density at radius 2 is 2.27 bits per heavy atom. The second-order valence-electron chi connectivity index (χ2n) is 4.57. The van der Waals surface area contributed by atoms with Gasteiger partial charge in [-0.05, 0) is 6.07 Å². The molecule has 0 aliphatic heterocycles. The molecule has 1 N–H and O–H groups in total. The lowest BCUT2D eigenvalue weighted by molar-refractivity contribution is 0.0290. The number of nitrogens with zero attached hydrogens (tertiary/aromatic N) is 2. The lowest BCUT2D eigenvalue weighted by atomic mass is 9.97. The van der Waals surface area contributed by atoms with E-state index < -0.39 is 0 Å². The van der Waals surface area contributed by atoms with Crippen molar-refractivity contribution in [1.29, 1.82) is 0 Å². The Morgan fingerprint density at radius 3 is 2.80 bits per heavy atom. The van der Waals surface area contributed by atoms with E-state index in [1.807, 2.05) is 31.6 Å². The molecule has 15 heavy (non-hydrogen) atoms. The average Bonchev–Trinajstić information content (AvgIpc) is 2.59. The van der Waals surface area contributed by atoms with Crippen LogP contribution in [-0.2, 0) is 18.2 Å². The highest BCUT2D eigenvalue weighted by Crippen LogP contribution is 2.13. The molecule has 1 aromatic heterocycles. The topological polar surface area (TPSA) is 47.3 Å². The van der Waals surface area contributed by atoms with Crippen molar-refractivity contribution in [2.75, 3.05) is 19.8 Å². The van der Waals surface area contributed by atoms with Gasteiger partial charge in [-0.25, -0.2) is 0 Å². The van der Waals surface area contributed by atoms with E-state index in [9.17, 15) is 0 Å². The van der Waals surface area contributed by atoms with Gasteiger partial charge >= 0.3 is 0 Å². The van der Waals surface area contributed by atoms with Crippen molar-refractivity contribution in [3.8, 4) is 0 Å². The van der Waals surface area contributed by atoms with Crippen LogP contribution in [0.3, 0.4) is 0 Å². The minimum Gasteiger partial charge on any atom is -0.396 e. The first-order valence-corrected chi connectivity index (χ1v) is 5.21. The van der Waals surface area contributed by atoms with Crippen LogP contribution in [0.15, 0.2) is 12.3 Å². The molecule has 0 bridgehead atoms. The largest absolute Gasteiger partial charge is 0.396 e. The molecule has 0 saturated heterocycles. The quantitative estimate of drug-likeness (QED) is 0.716. The van der Waals surface area contributed by atoms with Gasteiger partial charge in [0.15, 0.2) is 0 Å². The molecule has 0 atom stereocenters. The van der Waals surface area contributed by atoms with Crippen LogP contribution in [0, 0.1) is 5.41 Å². The van der Waals surface area contributed by atoms with Crippen molar-refractivity contribution in [3.05, 3.63) is 18.0 Å². The Balaban J connectivity index is 2.20. The number of hydrogen-bond acceptors (Lipinski definition) is 3. The van der Waals surface area contributed by atoms with Crippen LogP contribution in [0.4, 0.5) is 0 Å². The van der Waals surface area contributed by atoms with E-state index in [1.165, 1.54) is 0 Å². The molecule has 0 saturated carbocycles. The maximum atomic E-state index is 9.03. The predicted octanol–water partition coefficient (Wildman–Crippen LogP) is 0.998. The molecule has 1 rings (SSSR count). The van der Waals surface area contributed by atoms with Gasteiger partial charge in [-0.1, -0.05) is 13.8 Å². The molecule has 0 radical (unpaired) electrons. The molecule has 1 aromatic rings. The zero-order valence-corrected chi connectivity index (χ0v) is 9.73. The molecule has 4 nitrogen and oxygen atoms in total. The van der Waals surface area contributed by atoms with Gasteiger partial charge < -0.3 is 9.84 Å². The Hall–Kier alpha value is -0.870. The summed E-state index contributed by atoms with van der Waals surface area (Å²) in [4.78, 5) is 0. The first-order chi connectivity index (χ1) is 7.05. The molecule has 0 aliphatic rings. The zero-order valence-electron chi connectivity index (χ0n) is 9.73. The monoisotopic (exact) mass is 212 g/mol. The van der Waals surface area contributed by atoms with E-state index in [-0.39, 0.29) is 12.0 Å². The summed E-state index contributed by atoms with van der Waals surface area (Å²) in [5, 5.41) is 13.1. The van der Waals surface area contributed by atoms with E-state index in [0.29, 0.717) is 13.2 Å². The molecular formula is C11H20N2O2. The van der Waals surface area contributed by atoms with Crippen molar-refractivity contribution < 1.29 is 9.84 Å². The van der Waals surface area contributed by atoms with Crippen LogP contribution < -0.4 is 0 Å². The number of ether oxygens (including phenoxy) is 1. The minimum atomic E-state index is -0.146. The van der Waals surface area contributed by atoms with Gasteiger partial charge in [0, 0.05) is 30.8 Å². The smallest absolute Gasteiger partial charge is 0.0539 e. The number of hydrogen-bond donors (Lipinski definition) is 1. The van der Waals surface area contributed by atoms with Crippen LogP contribution in [0.1, 0.15) is 19.5 Å². The fourth-order valence-electron chi connectivity index (χ4n) is 1.22. The third-order valence-electron chi connectivity index (χ3n) is 2.35. The highest BCUT2D eigenvalue weighted by Gasteiger charge is 2.16. The number of aromatic nitrogens is 2. The Morgan fingerprint density at radius 1 is 1.53 bits per heavy atom. The molecule has 0 unspecified atom stereocenters. The lowest BCUT2D eigenvalue weighted by Crippen LogP contribution is -2.24. The number of aliphatic hydroxyl groups is 1. The van der Waals surface area contributed by atoms with E-state index in [4.69, 9.17) is 9.84 Å². The van der Waals surface area contributed by atoms with Gasteiger partial charge in [0.2, 0.25) is 0 Å². The maximum absolute atomic E-state index is 9.03. The Labute approximate surface area is 90.9 Å². The first kappa shape index (κ1) is 12.2. The summed E-state index contributed by atoms with van der Waals surface area (Å²) in [6.07, 6.45) is 2.64. The van der Waals surface area contributed by atoms with Crippen molar-refractivity contribution in [2.24, 2.45) is 12.5 Å². The van der Waals surface area contributed by atoms with E-state index in [2.05, 4.69) is 5.10 Å². The second-order valence-corrected chi connectivity index (χ2v) is 4.57. The van der Waals surface area contributed by atoms with Crippen LogP contribution in [0.25, 0.3) is 0 Å². The van der Waals surface area contributed by atoms with Crippen molar-refractivity contribution in [2.45, 2.75) is 20.3 Å². The van der Waals surface area contributed by atoms with Gasteiger partial charge in [-0.3, -0.25) is 4.68 Å². The predicted molar refractivity (Wildman–Crippen MR) is 58.6 cm³/mol. The van der Waals surface area contributed by atoms with Gasteiger partial charge in [-0.15, -0.1) is 0 Å². The summed E-state index contributed by atoms with van der Waals surface area (Å²) in [6.45, 7) is 5.37. The summed E-state index contributed by atoms with van der Waals surface area (Å²) in [5.41, 5.74) is 1.02.